The molecule has 0 heterocycles. The van der Waals surface area contributed by atoms with Crippen molar-refractivity contribution in [2.75, 3.05) is 25.0 Å². The number of carbonyl (C=O) groups excluding carboxylic acids is 1. The van der Waals surface area contributed by atoms with Crippen molar-refractivity contribution in [2.45, 2.75) is 6.61 Å². The van der Waals surface area contributed by atoms with Crippen LogP contribution in [0.15, 0.2) is 54.6 Å². The van der Waals surface area contributed by atoms with Crippen molar-refractivity contribution >= 4 is 17.7 Å². The van der Waals surface area contributed by atoms with Gasteiger partial charge in [0.1, 0.15) is 18.9 Å². The summed E-state index contributed by atoms with van der Waals surface area (Å²) >= 11 is 0. The molecule has 0 saturated heterocycles. The highest BCUT2D eigenvalue weighted by Gasteiger charge is 2.15. The van der Waals surface area contributed by atoms with Gasteiger partial charge in [-0.2, -0.15) is 0 Å². The van der Waals surface area contributed by atoms with Crippen LogP contribution in [0.1, 0.15) is 5.56 Å². The number of anilines is 1. The Balaban J connectivity index is 1.85. The minimum absolute atomic E-state index is 0.116. The van der Waals surface area contributed by atoms with E-state index in [0.717, 1.165) is 10.5 Å². The first kappa shape index (κ1) is 18.3. The molecule has 0 aliphatic carbocycles. The van der Waals surface area contributed by atoms with E-state index in [2.05, 4.69) is 5.32 Å². The summed E-state index contributed by atoms with van der Waals surface area (Å²) in [7, 11) is 0. The molecule has 0 unspecified atom stereocenters. The van der Waals surface area contributed by atoms with Crippen LogP contribution >= 0.6 is 0 Å². The Hall–Kier alpha value is -3.06. The molecule has 3 N–H and O–H groups in total. The summed E-state index contributed by atoms with van der Waals surface area (Å²) in [4.78, 5) is 23.6. The highest BCUT2D eigenvalue weighted by molar-refractivity contribution is 5.93. The molecule has 0 bridgehead atoms. The van der Waals surface area contributed by atoms with E-state index in [-0.39, 0.29) is 19.7 Å². The largest absolute Gasteiger partial charge is 0.489 e. The average Bonchev–Trinajstić information content (AvgIpc) is 2.61. The predicted octanol–water partition coefficient (Wildman–Crippen LogP) is 2.18. The molecule has 0 saturated carbocycles. The van der Waals surface area contributed by atoms with Gasteiger partial charge < -0.3 is 20.3 Å². The summed E-state index contributed by atoms with van der Waals surface area (Å²) in [6, 6.07) is 16.5. The number of nitrogens with one attached hydrogen (secondary N) is 1. The van der Waals surface area contributed by atoms with Crippen LogP contribution in [0.2, 0.25) is 0 Å². The van der Waals surface area contributed by atoms with Crippen LogP contribution < -0.4 is 10.1 Å². The summed E-state index contributed by atoms with van der Waals surface area (Å²) in [5, 5.41) is 20.3. The summed E-state index contributed by atoms with van der Waals surface area (Å²) in [6.45, 7) is -0.356. The maximum absolute atomic E-state index is 11.9. The van der Waals surface area contributed by atoms with Crippen LogP contribution in [0.3, 0.4) is 0 Å². The number of aliphatic hydroxyl groups is 1. The Kier molecular flexibility index (Phi) is 6.79. The van der Waals surface area contributed by atoms with Crippen LogP contribution in [-0.4, -0.2) is 46.8 Å². The molecule has 0 aromatic heterocycles. The van der Waals surface area contributed by atoms with Crippen LogP contribution in [0.5, 0.6) is 5.75 Å². The molecule has 2 aromatic rings. The molecule has 2 amide bonds. The molecule has 2 aromatic carbocycles. The van der Waals surface area contributed by atoms with Gasteiger partial charge in [0, 0.05) is 12.2 Å². The van der Waals surface area contributed by atoms with Crippen molar-refractivity contribution in [3.05, 3.63) is 60.2 Å². The normalized spacial score (nSPS) is 10.1. The zero-order chi connectivity index (χ0) is 18.1. The Labute approximate surface area is 145 Å². The lowest BCUT2D eigenvalue weighted by molar-refractivity contribution is -0.117. The van der Waals surface area contributed by atoms with E-state index in [1.54, 1.807) is 24.3 Å². The number of carbonyl (C=O) groups is 2. The van der Waals surface area contributed by atoms with Gasteiger partial charge >= 0.3 is 6.09 Å². The van der Waals surface area contributed by atoms with Crippen LogP contribution in [0.4, 0.5) is 10.5 Å². The molecule has 0 aliphatic rings. The van der Waals surface area contributed by atoms with E-state index in [4.69, 9.17) is 14.9 Å². The number of carboxylic acid groups (broad SMARTS) is 1. The summed E-state index contributed by atoms with van der Waals surface area (Å²) in [5.41, 5.74) is 1.59. The molecule has 0 aliphatic heterocycles. The van der Waals surface area contributed by atoms with Gasteiger partial charge in [0.25, 0.3) is 0 Å². The number of amides is 2. The van der Waals surface area contributed by atoms with Gasteiger partial charge in [-0.1, -0.05) is 30.3 Å². The third-order valence-corrected chi connectivity index (χ3v) is 3.36. The number of nitrogens with zero attached hydrogens (tertiary/aromatic N) is 1. The van der Waals surface area contributed by atoms with E-state index in [0.29, 0.717) is 18.0 Å². The van der Waals surface area contributed by atoms with Gasteiger partial charge in [-0.15, -0.1) is 0 Å². The monoisotopic (exact) mass is 344 g/mol. The van der Waals surface area contributed by atoms with E-state index in [9.17, 15) is 9.59 Å². The van der Waals surface area contributed by atoms with Crippen molar-refractivity contribution in [2.24, 2.45) is 0 Å². The second-order valence-electron chi connectivity index (χ2n) is 5.27. The Morgan fingerprint density at radius 3 is 2.32 bits per heavy atom. The van der Waals surface area contributed by atoms with Gasteiger partial charge in [-0.05, 0) is 29.8 Å². The fourth-order valence-corrected chi connectivity index (χ4v) is 2.11. The maximum atomic E-state index is 11.9. The Bertz CT molecular complexity index is 688. The third kappa shape index (κ3) is 6.15. The minimum Gasteiger partial charge on any atom is -0.489 e. The molecular formula is C18H20N2O5. The molecule has 7 nitrogen and oxygen atoms in total. The number of hydrogen-bond donors (Lipinski definition) is 3. The first-order valence-corrected chi connectivity index (χ1v) is 7.74. The molecule has 0 atom stereocenters. The van der Waals surface area contributed by atoms with Gasteiger partial charge in [0.15, 0.2) is 0 Å². The fourth-order valence-electron chi connectivity index (χ4n) is 2.11. The van der Waals surface area contributed by atoms with Crippen LogP contribution in [0.25, 0.3) is 0 Å². The lowest BCUT2D eigenvalue weighted by Gasteiger charge is -2.17. The van der Waals surface area contributed by atoms with Crippen LogP contribution in [-0.2, 0) is 11.4 Å². The minimum atomic E-state index is -1.26. The van der Waals surface area contributed by atoms with Gasteiger partial charge in [-0.25, -0.2) is 4.79 Å². The van der Waals surface area contributed by atoms with Crippen molar-refractivity contribution in [1.29, 1.82) is 0 Å². The van der Waals surface area contributed by atoms with Crippen molar-refractivity contribution in [3.8, 4) is 5.75 Å². The zero-order valence-corrected chi connectivity index (χ0v) is 13.6. The van der Waals surface area contributed by atoms with E-state index in [1.165, 1.54) is 0 Å². The van der Waals surface area contributed by atoms with Gasteiger partial charge in [0.05, 0.1) is 6.61 Å². The first-order valence-electron chi connectivity index (χ1n) is 7.74. The van der Waals surface area contributed by atoms with E-state index < -0.39 is 12.0 Å². The Morgan fingerprint density at radius 2 is 1.72 bits per heavy atom. The molecule has 132 valence electrons. The highest BCUT2D eigenvalue weighted by Crippen LogP contribution is 2.17. The maximum Gasteiger partial charge on any atom is 0.407 e. The number of aliphatic hydroxyl groups excluding tert-OH is 1. The Morgan fingerprint density at radius 1 is 1.04 bits per heavy atom. The fraction of sp³-hybridized carbons (Fsp3) is 0.222. The zero-order valence-electron chi connectivity index (χ0n) is 13.6. The molecule has 7 heteroatoms. The second-order valence-corrected chi connectivity index (χ2v) is 5.27. The predicted molar refractivity (Wildman–Crippen MR) is 92.5 cm³/mol. The molecular weight excluding hydrogens is 324 g/mol. The third-order valence-electron chi connectivity index (χ3n) is 3.36. The van der Waals surface area contributed by atoms with Crippen molar-refractivity contribution in [1.82, 2.24) is 4.90 Å². The average molecular weight is 344 g/mol. The topological polar surface area (TPSA) is 99.1 Å². The lowest BCUT2D eigenvalue weighted by Crippen LogP contribution is -2.38. The SMILES string of the molecule is O=C(CN(CCO)C(=O)O)Nc1ccc(OCc2ccccc2)cc1. The lowest BCUT2D eigenvalue weighted by atomic mass is 10.2. The smallest absolute Gasteiger partial charge is 0.407 e. The second kappa shape index (κ2) is 9.29. The molecule has 0 fully saturated rings. The highest BCUT2D eigenvalue weighted by atomic mass is 16.5. The number of ether oxygens (including phenoxy) is 1. The number of hydrogen-bond acceptors (Lipinski definition) is 4. The summed E-state index contributed by atoms with van der Waals surface area (Å²) in [6.07, 6.45) is -1.26. The van der Waals surface area contributed by atoms with Crippen molar-refractivity contribution in [3.63, 3.8) is 0 Å². The number of rotatable bonds is 8. The summed E-state index contributed by atoms with van der Waals surface area (Å²) in [5.74, 6) is 0.183. The molecule has 0 spiro atoms. The van der Waals surface area contributed by atoms with Gasteiger partial charge in [-0.3, -0.25) is 9.69 Å². The van der Waals surface area contributed by atoms with Crippen molar-refractivity contribution < 1.29 is 24.5 Å². The van der Waals surface area contributed by atoms with E-state index in [1.807, 2.05) is 30.3 Å². The van der Waals surface area contributed by atoms with Gasteiger partial charge in [0.2, 0.25) is 5.91 Å². The first-order chi connectivity index (χ1) is 12.1. The quantitative estimate of drug-likeness (QED) is 0.682. The van der Waals surface area contributed by atoms with E-state index >= 15 is 0 Å². The van der Waals surface area contributed by atoms with Crippen LogP contribution in [0, 0.1) is 0 Å². The molecule has 2 rings (SSSR count). The summed E-state index contributed by atoms with van der Waals surface area (Å²) < 4.78 is 5.65. The molecule has 25 heavy (non-hydrogen) atoms. The number of benzene rings is 2. The molecule has 0 radical (unpaired) electrons. The standard InChI is InChI=1S/C18H20N2O5/c21-11-10-20(18(23)24)12-17(22)19-15-6-8-16(9-7-15)25-13-14-4-2-1-3-5-14/h1-9,21H,10-13H2,(H,19,22)(H,23,24).